The Hall–Kier alpha value is -0.400. The van der Waals surface area contributed by atoms with Crippen molar-refractivity contribution in [2.24, 2.45) is 0 Å². The van der Waals surface area contributed by atoms with Gasteiger partial charge in [-0.05, 0) is 33.8 Å². The third-order valence-corrected chi connectivity index (χ3v) is 4.32. The molecule has 0 saturated heterocycles. The number of hydrogen-bond acceptors (Lipinski definition) is 4. The van der Waals surface area contributed by atoms with Crippen molar-refractivity contribution >= 4 is 43.2 Å². The number of sulfonamides is 1. The van der Waals surface area contributed by atoms with Crippen molar-refractivity contribution < 1.29 is 13.2 Å². The van der Waals surface area contributed by atoms with Crippen LogP contribution in [0.15, 0.2) is 9.85 Å². The number of thiophene rings is 1. The van der Waals surface area contributed by atoms with Crippen molar-refractivity contribution in [1.29, 1.82) is 0 Å². The van der Waals surface area contributed by atoms with Gasteiger partial charge in [0.15, 0.2) is 0 Å². The third-order valence-electron chi connectivity index (χ3n) is 1.38. The first kappa shape index (κ1) is 11.7. The van der Waals surface area contributed by atoms with E-state index in [-0.39, 0.29) is 0 Å². The van der Waals surface area contributed by atoms with Gasteiger partial charge in [0, 0.05) is 4.47 Å². The number of nitrogens with one attached hydrogen (secondary N) is 1. The zero-order valence-corrected chi connectivity index (χ0v) is 10.7. The van der Waals surface area contributed by atoms with E-state index in [0.29, 0.717) is 9.35 Å². The van der Waals surface area contributed by atoms with Crippen LogP contribution in [0.4, 0.5) is 0 Å². The molecule has 0 radical (unpaired) electrons. The molecule has 0 aromatic carbocycles. The van der Waals surface area contributed by atoms with Crippen LogP contribution >= 0.6 is 27.3 Å². The number of hydrogen-bond donors (Lipinski definition) is 1. The molecule has 0 saturated carbocycles. The Balaban J connectivity index is 2.97. The average Bonchev–Trinajstić information content (AvgIpc) is 2.29. The highest BCUT2D eigenvalue weighted by Gasteiger charge is 2.16. The van der Waals surface area contributed by atoms with Gasteiger partial charge in [0.05, 0.1) is 6.26 Å². The molecule has 1 amide bonds. The molecule has 0 aliphatic carbocycles. The predicted octanol–water partition coefficient (Wildman–Crippen LogP) is 1.51. The third kappa shape index (κ3) is 2.79. The Morgan fingerprint density at radius 1 is 1.57 bits per heavy atom. The lowest BCUT2D eigenvalue weighted by molar-refractivity contribution is 0.0985. The second-order valence-corrected chi connectivity index (χ2v) is 6.19. The van der Waals surface area contributed by atoms with Crippen molar-refractivity contribution in [3.63, 3.8) is 0 Å². The zero-order valence-electron chi connectivity index (χ0n) is 7.50. The lowest BCUT2D eigenvalue weighted by atomic mass is 10.3. The number of amides is 1. The van der Waals surface area contributed by atoms with E-state index < -0.39 is 15.9 Å². The van der Waals surface area contributed by atoms with E-state index in [9.17, 15) is 13.2 Å². The summed E-state index contributed by atoms with van der Waals surface area (Å²) in [7, 11) is -3.49. The van der Waals surface area contributed by atoms with Gasteiger partial charge in [0.1, 0.15) is 4.88 Å². The lowest BCUT2D eigenvalue weighted by Gasteiger charge is -2.00. The Bertz CT molecular complexity index is 463. The molecule has 78 valence electrons. The van der Waals surface area contributed by atoms with Gasteiger partial charge in [-0.1, -0.05) is 0 Å². The minimum absolute atomic E-state index is 0.368. The van der Waals surface area contributed by atoms with Crippen LogP contribution in [0.5, 0.6) is 0 Å². The van der Waals surface area contributed by atoms with E-state index >= 15 is 0 Å². The summed E-state index contributed by atoms with van der Waals surface area (Å²) in [6.07, 6.45) is 0.944. The topological polar surface area (TPSA) is 63.2 Å². The van der Waals surface area contributed by atoms with E-state index in [4.69, 9.17) is 0 Å². The minimum atomic E-state index is -3.49. The lowest BCUT2D eigenvalue weighted by Crippen LogP contribution is -2.28. The minimum Gasteiger partial charge on any atom is -0.267 e. The maximum absolute atomic E-state index is 11.4. The molecular formula is C7H8BrNO3S2. The SMILES string of the molecule is Cc1csc(C(=O)NS(C)(=O)=O)c1Br. The van der Waals surface area contributed by atoms with Crippen LogP contribution in [-0.4, -0.2) is 20.6 Å². The number of halogens is 1. The van der Waals surface area contributed by atoms with Crippen molar-refractivity contribution in [3.8, 4) is 0 Å². The van der Waals surface area contributed by atoms with Gasteiger partial charge < -0.3 is 0 Å². The number of aryl methyl sites for hydroxylation is 1. The fraction of sp³-hybridized carbons (Fsp3) is 0.286. The van der Waals surface area contributed by atoms with Crippen LogP contribution in [0.2, 0.25) is 0 Å². The first-order valence-electron chi connectivity index (χ1n) is 3.57. The van der Waals surface area contributed by atoms with Crippen LogP contribution < -0.4 is 4.72 Å². The summed E-state index contributed by atoms with van der Waals surface area (Å²) in [5.74, 6) is -0.600. The summed E-state index contributed by atoms with van der Waals surface area (Å²) in [5, 5.41) is 1.78. The second-order valence-electron chi connectivity index (χ2n) is 2.77. The summed E-state index contributed by atoms with van der Waals surface area (Å²) >= 11 is 4.41. The van der Waals surface area contributed by atoms with Crippen molar-refractivity contribution in [1.82, 2.24) is 4.72 Å². The van der Waals surface area contributed by atoms with Crippen LogP contribution in [0.25, 0.3) is 0 Å². The molecule has 1 aromatic rings. The molecule has 0 aliphatic rings. The number of rotatable bonds is 2. The largest absolute Gasteiger partial charge is 0.275 e. The molecule has 0 spiro atoms. The second kappa shape index (κ2) is 4.00. The summed E-state index contributed by atoms with van der Waals surface area (Å²) < 4.78 is 24.1. The predicted molar refractivity (Wildman–Crippen MR) is 59.1 cm³/mol. The summed E-state index contributed by atoms with van der Waals surface area (Å²) in [4.78, 5) is 11.8. The molecule has 7 heteroatoms. The molecule has 0 unspecified atom stereocenters. The normalized spacial score (nSPS) is 11.4. The summed E-state index contributed by atoms with van der Waals surface area (Å²) in [6, 6.07) is 0. The maximum atomic E-state index is 11.4. The Kier molecular flexibility index (Phi) is 3.33. The highest BCUT2D eigenvalue weighted by molar-refractivity contribution is 9.10. The first-order valence-corrected chi connectivity index (χ1v) is 7.13. The monoisotopic (exact) mass is 297 g/mol. The first-order chi connectivity index (χ1) is 6.31. The average molecular weight is 298 g/mol. The van der Waals surface area contributed by atoms with E-state index in [0.717, 1.165) is 11.8 Å². The Labute approximate surface area is 94.5 Å². The number of carbonyl (C=O) groups is 1. The van der Waals surface area contributed by atoms with Crippen LogP contribution in [-0.2, 0) is 10.0 Å². The highest BCUT2D eigenvalue weighted by Crippen LogP contribution is 2.27. The Morgan fingerprint density at radius 2 is 2.14 bits per heavy atom. The quantitative estimate of drug-likeness (QED) is 0.900. The van der Waals surface area contributed by atoms with Crippen molar-refractivity contribution in [2.45, 2.75) is 6.92 Å². The van der Waals surface area contributed by atoms with Gasteiger partial charge in [-0.2, -0.15) is 0 Å². The molecule has 1 heterocycles. The van der Waals surface area contributed by atoms with E-state index in [1.165, 1.54) is 11.3 Å². The van der Waals surface area contributed by atoms with E-state index in [2.05, 4.69) is 15.9 Å². The molecule has 0 bridgehead atoms. The molecule has 4 nitrogen and oxygen atoms in total. The van der Waals surface area contributed by atoms with Crippen LogP contribution in [0.1, 0.15) is 15.2 Å². The molecule has 0 fully saturated rings. The molecule has 1 N–H and O–H groups in total. The Morgan fingerprint density at radius 3 is 2.50 bits per heavy atom. The van der Waals surface area contributed by atoms with Crippen LogP contribution in [0.3, 0.4) is 0 Å². The molecule has 1 aromatic heterocycles. The van der Waals surface area contributed by atoms with Crippen LogP contribution in [0, 0.1) is 6.92 Å². The molecule has 14 heavy (non-hydrogen) atoms. The molecular weight excluding hydrogens is 290 g/mol. The van der Waals surface area contributed by atoms with Crippen molar-refractivity contribution in [3.05, 3.63) is 20.3 Å². The van der Waals surface area contributed by atoms with Gasteiger partial charge in [-0.15, -0.1) is 11.3 Å². The van der Waals surface area contributed by atoms with E-state index in [1.54, 1.807) is 5.38 Å². The van der Waals surface area contributed by atoms with Gasteiger partial charge in [-0.3, -0.25) is 4.79 Å². The smallest absolute Gasteiger partial charge is 0.267 e. The van der Waals surface area contributed by atoms with Gasteiger partial charge >= 0.3 is 0 Å². The van der Waals surface area contributed by atoms with Gasteiger partial charge in [0.2, 0.25) is 10.0 Å². The maximum Gasteiger partial charge on any atom is 0.275 e. The highest BCUT2D eigenvalue weighted by atomic mass is 79.9. The summed E-state index contributed by atoms with van der Waals surface area (Å²) in [5.41, 5.74) is 0.911. The summed E-state index contributed by atoms with van der Waals surface area (Å²) in [6.45, 7) is 1.83. The van der Waals surface area contributed by atoms with Gasteiger partial charge in [-0.25, -0.2) is 13.1 Å². The fourth-order valence-corrected chi connectivity index (χ4v) is 2.86. The zero-order chi connectivity index (χ0) is 10.9. The molecule has 0 aliphatic heterocycles. The number of carbonyl (C=O) groups excluding carboxylic acids is 1. The molecule has 0 atom stereocenters. The molecule has 1 rings (SSSR count). The fourth-order valence-electron chi connectivity index (χ4n) is 0.798. The van der Waals surface area contributed by atoms with Gasteiger partial charge in [0.25, 0.3) is 5.91 Å². The van der Waals surface area contributed by atoms with Crippen molar-refractivity contribution in [2.75, 3.05) is 6.26 Å². The standard InChI is InChI=1S/C7H8BrNO3S2/c1-4-3-13-6(5(4)8)7(10)9-14(2,11)12/h3H,1-2H3,(H,9,10). The van der Waals surface area contributed by atoms with E-state index in [1.807, 2.05) is 11.6 Å².